The standard InChI is InChI=1S/C8H11Cl6N3/c1-2-3-4-17-6(9)16(5-15-17)8(13,14)7(10,11)12/h5-6H,2-4H2,1H3. The van der Waals surface area contributed by atoms with E-state index in [4.69, 9.17) is 69.6 Å². The maximum atomic E-state index is 6.15. The van der Waals surface area contributed by atoms with Crippen LogP contribution in [-0.4, -0.2) is 36.7 Å². The molecule has 1 aliphatic heterocycles. The van der Waals surface area contributed by atoms with Crippen LogP contribution < -0.4 is 0 Å². The molecule has 0 radical (unpaired) electrons. The van der Waals surface area contributed by atoms with Gasteiger partial charge in [-0.25, -0.2) is 0 Å². The summed E-state index contributed by atoms with van der Waals surface area (Å²) in [7, 11) is 0. The minimum Gasteiger partial charge on any atom is -0.291 e. The second-order valence-electron chi connectivity index (χ2n) is 3.50. The lowest BCUT2D eigenvalue weighted by Crippen LogP contribution is -2.52. The molecule has 0 fully saturated rings. The third-order valence-electron chi connectivity index (χ3n) is 2.21. The molecule has 0 aromatic carbocycles. The van der Waals surface area contributed by atoms with E-state index in [1.54, 1.807) is 5.01 Å². The van der Waals surface area contributed by atoms with Gasteiger partial charge in [-0.15, -0.1) is 0 Å². The highest BCUT2D eigenvalue weighted by Gasteiger charge is 2.54. The molecule has 1 rings (SSSR count). The van der Waals surface area contributed by atoms with Crippen molar-refractivity contribution in [1.29, 1.82) is 0 Å². The van der Waals surface area contributed by atoms with Crippen LogP contribution >= 0.6 is 69.6 Å². The summed E-state index contributed by atoms with van der Waals surface area (Å²) in [6.07, 6.45) is 3.34. The number of halogens is 6. The van der Waals surface area contributed by atoms with Gasteiger partial charge in [-0.05, 0) is 6.42 Å². The average Bonchev–Trinajstić information content (AvgIpc) is 2.55. The molecule has 3 nitrogen and oxygen atoms in total. The number of hydrogen-bond donors (Lipinski definition) is 0. The van der Waals surface area contributed by atoms with Gasteiger partial charge < -0.3 is 0 Å². The van der Waals surface area contributed by atoms with E-state index < -0.39 is 13.9 Å². The minimum absolute atomic E-state index is 0.674. The summed E-state index contributed by atoms with van der Waals surface area (Å²) in [5.41, 5.74) is -0.674. The Bertz CT molecular complexity index is 289. The zero-order valence-electron chi connectivity index (χ0n) is 8.89. The van der Waals surface area contributed by atoms with E-state index in [2.05, 4.69) is 12.0 Å². The van der Waals surface area contributed by atoms with Gasteiger partial charge in [-0.2, -0.15) is 5.10 Å². The van der Waals surface area contributed by atoms with E-state index in [1.807, 2.05) is 0 Å². The lowest BCUT2D eigenvalue weighted by atomic mass is 10.3. The minimum atomic E-state index is -1.91. The Morgan fingerprint density at radius 3 is 2.29 bits per heavy atom. The van der Waals surface area contributed by atoms with E-state index >= 15 is 0 Å². The van der Waals surface area contributed by atoms with E-state index in [-0.39, 0.29) is 0 Å². The lowest BCUT2D eigenvalue weighted by molar-refractivity contribution is 0.177. The Labute approximate surface area is 130 Å². The Balaban J connectivity index is 2.74. The molecule has 0 aliphatic carbocycles. The van der Waals surface area contributed by atoms with Crippen molar-refractivity contribution in [3.63, 3.8) is 0 Å². The number of hydrogen-bond acceptors (Lipinski definition) is 3. The number of hydrazone groups is 1. The normalized spacial score (nSPS) is 21.5. The molecule has 1 atom stereocenters. The van der Waals surface area contributed by atoms with Crippen molar-refractivity contribution in [1.82, 2.24) is 9.91 Å². The molecule has 1 heterocycles. The molecular weight excluding hydrogens is 351 g/mol. The van der Waals surface area contributed by atoms with Gasteiger partial charge in [-0.1, -0.05) is 83.0 Å². The fourth-order valence-corrected chi connectivity index (χ4v) is 2.22. The van der Waals surface area contributed by atoms with Gasteiger partial charge in [0.2, 0.25) is 8.25 Å². The topological polar surface area (TPSA) is 18.8 Å². The highest BCUT2D eigenvalue weighted by atomic mass is 35.6. The van der Waals surface area contributed by atoms with Gasteiger partial charge in [-0.3, -0.25) is 9.91 Å². The quantitative estimate of drug-likeness (QED) is 0.547. The maximum absolute atomic E-state index is 6.15. The van der Waals surface area contributed by atoms with Gasteiger partial charge in [0.05, 0.1) is 0 Å². The number of rotatable bonds is 4. The summed E-state index contributed by atoms with van der Waals surface area (Å²) in [5, 5.41) is 5.70. The van der Waals surface area contributed by atoms with Crippen LogP contribution in [0.4, 0.5) is 0 Å². The van der Waals surface area contributed by atoms with Gasteiger partial charge in [0.25, 0.3) is 0 Å². The molecule has 0 bridgehead atoms. The smallest absolute Gasteiger partial charge is 0.241 e. The van der Waals surface area contributed by atoms with Crippen molar-refractivity contribution >= 4 is 75.9 Å². The number of unbranched alkanes of at least 4 members (excludes halogenated alkanes) is 1. The monoisotopic (exact) mass is 359 g/mol. The molecule has 9 heteroatoms. The van der Waals surface area contributed by atoms with Gasteiger partial charge >= 0.3 is 0 Å². The molecule has 0 spiro atoms. The van der Waals surface area contributed by atoms with Crippen LogP contribution in [0.1, 0.15) is 19.8 Å². The fourth-order valence-electron chi connectivity index (χ4n) is 1.21. The predicted molar refractivity (Wildman–Crippen MR) is 76.3 cm³/mol. The summed E-state index contributed by atoms with van der Waals surface area (Å²) < 4.78 is -3.69. The van der Waals surface area contributed by atoms with E-state index in [0.717, 1.165) is 12.8 Å². The van der Waals surface area contributed by atoms with Crippen LogP contribution in [0.25, 0.3) is 0 Å². The maximum Gasteiger partial charge on any atom is 0.241 e. The van der Waals surface area contributed by atoms with Gasteiger partial charge in [0.15, 0.2) is 5.62 Å². The molecule has 0 aromatic rings. The second-order valence-corrected chi connectivity index (χ2v) is 7.46. The molecule has 100 valence electrons. The summed E-state index contributed by atoms with van der Waals surface area (Å²) in [4.78, 5) is 1.29. The average molecular weight is 362 g/mol. The summed E-state index contributed by atoms with van der Waals surface area (Å²) >= 11 is 35.3. The third-order valence-corrected chi connectivity index (χ3v) is 5.00. The SMILES string of the molecule is CCCCN1N=CN(C(Cl)(Cl)C(Cl)(Cl)Cl)C1Cl. The fraction of sp³-hybridized carbons (Fsp3) is 0.875. The first-order valence-corrected chi connectivity index (χ1v) is 7.22. The van der Waals surface area contributed by atoms with Crippen LogP contribution in [0.3, 0.4) is 0 Å². The first-order chi connectivity index (χ1) is 7.71. The summed E-state index contributed by atoms with van der Waals surface area (Å²) in [5.74, 6) is 0. The van der Waals surface area contributed by atoms with Crippen molar-refractivity contribution < 1.29 is 0 Å². The molecule has 0 amide bonds. The second kappa shape index (κ2) is 5.98. The van der Waals surface area contributed by atoms with E-state index in [1.165, 1.54) is 11.2 Å². The molecule has 0 N–H and O–H groups in total. The van der Waals surface area contributed by atoms with Crippen molar-refractivity contribution in [3.05, 3.63) is 0 Å². The summed E-state index contributed by atoms with van der Waals surface area (Å²) in [6, 6.07) is 0. The van der Waals surface area contributed by atoms with Crippen molar-refractivity contribution in [2.24, 2.45) is 5.10 Å². The Morgan fingerprint density at radius 1 is 1.24 bits per heavy atom. The van der Waals surface area contributed by atoms with Gasteiger partial charge in [0.1, 0.15) is 6.34 Å². The highest BCUT2D eigenvalue weighted by Crippen LogP contribution is 2.49. The lowest BCUT2D eigenvalue weighted by Gasteiger charge is -2.38. The molecule has 0 saturated heterocycles. The van der Waals surface area contributed by atoms with Crippen molar-refractivity contribution in [2.45, 2.75) is 33.6 Å². The van der Waals surface area contributed by atoms with Crippen LogP contribution in [0, 0.1) is 0 Å². The summed E-state index contributed by atoms with van der Waals surface area (Å²) in [6.45, 7) is 2.75. The van der Waals surface area contributed by atoms with E-state index in [9.17, 15) is 0 Å². The first-order valence-electron chi connectivity index (χ1n) is 4.89. The van der Waals surface area contributed by atoms with Gasteiger partial charge in [0, 0.05) is 6.54 Å². The van der Waals surface area contributed by atoms with Crippen LogP contribution in [0.5, 0.6) is 0 Å². The Morgan fingerprint density at radius 2 is 1.82 bits per heavy atom. The number of nitrogens with zero attached hydrogens (tertiary/aromatic N) is 3. The molecule has 17 heavy (non-hydrogen) atoms. The molecule has 0 aromatic heterocycles. The molecule has 0 saturated carbocycles. The van der Waals surface area contributed by atoms with Crippen LogP contribution in [0.15, 0.2) is 5.10 Å². The zero-order chi connectivity index (χ0) is 13.3. The number of alkyl halides is 6. The van der Waals surface area contributed by atoms with E-state index in [0.29, 0.717) is 6.54 Å². The molecular formula is C8H11Cl6N3. The molecule has 1 unspecified atom stereocenters. The third kappa shape index (κ3) is 3.52. The van der Waals surface area contributed by atoms with Crippen LogP contribution in [0.2, 0.25) is 0 Å². The predicted octanol–water partition coefficient (Wildman–Crippen LogP) is 4.37. The van der Waals surface area contributed by atoms with Crippen molar-refractivity contribution in [3.8, 4) is 0 Å². The first kappa shape index (κ1) is 16.1. The Kier molecular flexibility index (Phi) is 5.65. The Hall–Kier alpha value is 1.01. The zero-order valence-corrected chi connectivity index (χ0v) is 13.4. The van der Waals surface area contributed by atoms with Crippen molar-refractivity contribution in [2.75, 3.05) is 6.54 Å². The largest absolute Gasteiger partial charge is 0.291 e. The highest BCUT2D eigenvalue weighted by molar-refractivity contribution is 6.75. The van der Waals surface area contributed by atoms with Crippen LogP contribution in [-0.2, 0) is 0 Å². The molecule has 1 aliphatic rings.